The van der Waals surface area contributed by atoms with Crippen molar-refractivity contribution in [2.45, 2.75) is 5.92 Å². The Morgan fingerprint density at radius 3 is 2.70 bits per heavy atom. The second-order valence-corrected chi connectivity index (χ2v) is 5.96. The number of benzene rings is 1. The fourth-order valence-corrected chi connectivity index (χ4v) is 3.23. The average molecular weight is 340 g/mol. The lowest BCUT2D eigenvalue weighted by Gasteiger charge is -2.05. The lowest BCUT2D eigenvalue weighted by Crippen LogP contribution is -2.13. The van der Waals surface area contributed by atoms with Crippen molar-refractivity contribution in [3.05, 3.63) is 70.5 Å². The molecular formula is C17H10ClN3OS. The Hall–Kier alpha value is -2.55. The zero-order valence-corrected chi connectivity index (χ0v) is 13.4. The highest BCUT2D eigenvalue weighted by Crippen LogP contribution is 2.31. The van der Waals surface area contributed by atoms with Crippen LogP contribution in [0.25, 0.3) is 10.6 Å². The second kappa shape index (κ2) is 6.69. The summed E-state index contributed by atoms with van der Waals surface area (Å²) in [6, 6.07) is 14.4. The van der Waals surface area contributed by atoms with E-state index >= 15 is 0 Å². The zero-order chi connectivity index (χ0) is 16.2. The van der Waals surface area contributed by atoms with Gasteiger partial charge in [0.2, 0.25) is 5.78 Å². The van der Waals surface area contributed by atoms with Gasteiger partial charge in [-0.15, -0.1) is 11.3 Å². The number of rotatable bonds is 4. The Morgan fingerprint density at radius 2 is 2.00 bits per heavy atom. The summed E-state index contributed by atoms with van der Waals surface area (Å²) in [5.74, 6) is -1.32. The molecule has 1 aromatic carbocycles. The number of halogens is 1. The molecule has 0 spiro atoms. The van der Waals surface area contributed by atoms with E-state index in [1.54, 1.807) is 35.8 Å². The van der Waals surface area contributed by atoms with Gasteiger partial charge in [-0.3, -0.25) is 9.78 Å². The molecule has 1 atom stereocenters. The van der Waals surface area contributed by atoms with Crippen molar-refractivity contribution in [1.29, 1.82) is 5.26 Å². The van der Waals surface area contributed by atoms with E-state index in [2.05, 4.69) is 9.97 Å². The molecule has 112 valence electrons. The number of aromatic nitrogens is 2. The van der Waals surface area contributed by atoms with Crippen LogP contribution in [0.5, 0.6) is 0 Å². The number of nitrogens with zero attached hydrogens (tertiary/aromatic N) is 3. The SMILES string of the molecule is N#C[C@H](C(=O)c1csc(-c2ccccc2Cl)n1)c1ccccn1. The van der Waals surface area contributed by atoms with Crippen LogP contribution in [0.1, 0.15) is 22.1 Å². The highest BCUT2D eigenvalue weighted by molar-refractivity contribution is 7.13. The predicted octanol–water partition coefficient (Wildman–Crippen LogP) is 4.35. The first kappa shape index (κ1) is 15.3. The van der Waals surface area contributed by atoms with Crippen LogP contribution in [0.4, 0.5) is 0 Å². The molecule has 3 rings (SSSR count). The van der Waals surface area contributed by atoms with Gasteiger partial charge in [-0.25, -0.2) is 4.98 Å². The van der Waals surface area contributed by atoms with Crippen LogP contribution in [0.2, 0.25) is 5.02 Å². The van der Waals surface area contributed by atoms with Gasteiger partial charge in [-0.2, -0.15) is 5.26 Å². The maximum Gasteiger partial charge on any atom is 0.205 e. The minimum absolute atomic E-state index is 0.252. The molecule has 6 heteroatoms. The maximum atomic E-state index is 12.6. The first-order valence-electron chi connectivity index (χ1n) is 6.76. The molecule has 4 nitrogen and oxygen atoms in total. The van der Waals surface area contributed by atoms with Gasteiger partial charge in [-0.1, -0.05) is 35.9 Å². The van der Waals surface area contributed by atoms with Crippen LogP contribution in [-0.4, -0.2) is 15.8 Å². The molecule has 2 heterocycles. The lowest BCUT2D eigenvalue weighted by atomic mass is 9.99. The van der Waals surface area contributed by atoms with E-state index < -0.39 is 5.92 Å². The van der Waals surface area contributed by atoms with E-state index in [1.807, 2.05) is 24.3 Å². The Labute approximate surface area is 142 Å². The summed E-state index contributed by atoms with van der Waals surface area (Å²) in [5, 5.41) is 12.2. The van der Waals surface area contributed by atoms with Crippen molar-refractivity contribution in [1.82, 2.24) is 9.97 Å². The summed E-state index contributed by atoms with van der Waals surface area (Å²) < 4.78 is 0. The van der Waals surface area contributed by atoms with Gasteiger partial charge in [-0.05, 0) is 18.2 Å². The van der Waals surface area contributed by atoms with Crippen LogP contribution < -0.4 is 0 Å². The van der Waals surface area contributed by atoms with Crippen LogP contribution in [0.15, 0.2) is 54.0 Å². The summed E-state index contributed by atoms with van der Waals surface area (Å²) in [5.41, 5.74) is 1.44. The van der Waals surface area contributed by atoms with Crippen molar-refractivity contribution in [3.63, 3.8) is 0 Å². The average Bonchev–Trinajstić information content (AvgIpc) is 3.06. The molecule has 0 N–H and O–H groups in total. The standard InChI is InChI=1S/C17H10ClN3OS/c18-13-6-2-1-5-11(13)17-21-15(10-23-17)16(22)12(9-19)14-7-3-4-8-20-14/h1-8,10,12H/t12-/m0/s1. The Kier molecular flexibility index (Phi) is 4.47. The number of pyridine rings is 1. The lowest BCUT2D eigenvalue weighted by molar-refractivity contribution is 0.0973. The molecule has 0 radical (unpaired) electrons. The molecule has 0 aliphatic rings. The number of ketones is 1. The number of hydrogen-bond acceptors (Lipinski definition) is 5. The first-order valence-corrected chi connectivity index (χ1v) is 8.01. The van der Waals surface area contributed by atoms with Crippen molar-refractivity contribution >= 4 is 28.7 Å². The van der Waals surface area contributed by atoms with Gasteiger partial charge >= 0.3 is 0 Å². The third kappa shape index (κ3) is 3.14. The van der Waals surface area contributed by atoms with E-state index in [9.17, 15) is 10.1 Å². The van der Waals surface area contributed by atoms with E-state index in [0.29, 0.717) is 15.7 Å². The van der Waals surface area contributed by atoms with E-state index in [0.717, 1.165) is 5.56 Å². The van der Waals surface area contributed by atoms with Gasteiger partial charge in [0.1, 0.15) is 10.7 Å². The van der Waals surface area contributed by atoms with Crippen molar-refractivity contribution < 1.29 is 4.79 Å². The normalized spacial score (nSPS) is 11.7. The van der Waals surface area contributed by atoms with Gasteiger partial charge in [0.05, 0.1) is 16.8 Å². The zero-order valence-electron chi connectivity index (χ0n) is 11.8. The molecule has 3 aromatic rings. The summed E-state index contributed by atoms with van der Waals surface area (Å²) in [7, 11) is 0. The van der Waals surface area contributed by atoms with E-state index in [1.165, 1.54) is 11.3 Å². The van der Waals surface area contributed by atoms with Crippen LogP contribution >= 0.6 is 22.9 Å². The molecule has 0 fully saturated rings. The Morgan fingerprint density at radius 1 is 1.22 bits per heavy atom. The summed E-state index contributed by atoms with van der Waals surface area (Å²) in [6.07, 6.45) is 1.56. The third-order valence-corrected chi connectivity index (χ3v) is 4.44. The summed E-state index contributed by atoms with van der Waals surface area (Å²) >= 11 is 7.47. The number of thiazole rings is 1. The topological polar surface area (TPSA) is 66.6 Å². The first-order chi connectivity index (χ1) is 11.2. The quantitative estimate of drug-likeness (QED) is 0.663. The molecule has 0 aliphatic carbocycles. The van der Waals surface area contributed by atoms with Gasteiger partial charge in [0, 0.05) is 17.1 Å². The molecule has 0 amide bonds. The molecule has 0 aliphatic heterocycles. The molecule has 0 unspecified atom stereocenters. The van der Waals surface area contributed by atoms with Gasteiger partial charge in [0.25, 0.3) is 0 Å². The second-order valence-electron chi connectivity index (χ2n) is 4.70. The van der Waals surface area contributed by atoms with E-state index in [-0.39, 0.29) is 11.5 Å². The largest absolute Gasteiger partial charge is 0.290 e. The van der Waals surface area contributed by atoms with Crippen LogP contribution in [-0.2, 0) is 0 Å². The number of carbonyl (C=O) groups excluding carboxylic acids is 1. The number of Topliss-reactive ketones (excluding diaryl/α,β-unsaturated/α-hetero) is 1. The van der Waals surface area contributed by atoms with Crippen molar-refractivity contribution in [2.24, 2.45) is 0 Å². The minimum atomic E-state index is -0.961. The van der Waals surface area contributed by atoms with Crippen LogP contribution in [0.3, 0.4) is 0 Å². The fraction of sp³-hybridized carbons (Fsp3) is 0.0588. The molecule has 0 saturated heterocycles. The van der Waals surface area contributed by atoms with Gasteiger partial charge < -0.3 is 0 Å². The van der Waals surface area contributed by atoms with Crippen molar-refractivity contribution in [2.75, 3.05) is 0 Å². The highest BCUT2D eigenvalue weighted by Gasteiger charge is 2.25. The van der Waals surface area contributed by atoms with Crippen molar-refractivity contribution in [3.8, 4) is 16.6 Å². The molecule has 2 aromatic heterocycles. The third-order valence-electron chi connectivity index (χ3n) is 3.24. The Bertz CT molecular complexity index is 886. The number of hydrogen-bond donors (Lipinski definition) is 0. The smallest absolute Gasteiger partial charge is 0.205 e. The number of nitriles is 1. The summed E-state index contributed by atoms with van der Waals surface area (Å²) in [6.45, 7) is 0. The predicted molar refractivity (Wildman–Crippen MR) is 89.5 cm³/mol. The maximum absolute atomic E-state index is 12.6. The highest BCUT2D eigenvalue weighted by atomic mass is 35.5. The number of carbonyl (C=O) groups is 1. The molecule has 23 heavy (non-hydrogen) atoms. The monoisotopic (exact) mass is 339 g/mol. The van der Waals surface area contributed by atoms with Crippen LogP contribution in [0, 0.1) is 11.3 Å². The minimum Gasteiger partial charge on any atom is -0.290 e. The molecule has 0 saturated carbocycles. The summed E-state index contributed by atoms with van der Waals surface area (Å²) in [4.78, 5) is 21.0. The molecule has 0 bridgehead atoms. The Balaban J connectivity index is 1.93. The van der Waals surface area contributed by atoms with E-state index in [4.69, 9.17) is 11.6 Å². The fourth-order valence-electron chi connectivity index (χ4n) is 2.10. The molecular weight excluding hydrogens is 330 g/mol. The van der Waals surface area contributed by atoms with Gasteiger partial charge in [0.15, 0.2) is 5.92 Å².